The van der Waals surface area contributed by atoms with Gasteiger partial charge in [0.2, 0.25) is 15.9 Å². The third-order valence-corrected chi connectivity index (χ3v) is 5.29. The predicted octanol–water partition coefficient (Wildman–Crippen LogP) is 1.64. The van der Waals surface area contributed by atoms with Gasteiger partial charge in [0.1, 0.15) is 12.3 Å². The molecule has 2 rings (SSSR count). The molecule has 0 aromatic heterocycles. The van der Waals surface area contributed by atoms with Gasteiger partial charge in [0.15, 0.2) is 0 Å². The van der Waals surface area contributed by atoms with E-state index >= 15 is 0 Å². The quantitative estimate of drug-likeness (QED) is 0.645. The van der Waals surface area contributed by atoms with Crippen molar-refractivity contribution in [2.24, 2.45) is 0 Å². The second-order valence-electron chi connectivity index (χ2n) is 5.97. The monoisotopic (exact) mass is 406 g/mol. The maximum Gasteiger partial charge on any atom is 0.320 e. The van der Waals surface area contributed by atoms with Crippen LogP contribution >= 0.6 is 0 Å². The molecule has 28 heavy (non-hydrogen) atoms. The number of nitrogens with one attached hydrogen (secondary N) is 2. The number of carbonyl (C=O) groups is 2. The zero-order valence-electron chi connectivity index (χ0n) is 15.8. The fraction of sp³-hybridized carbons (Fsp3) is 0.263. The van der Waals surface area contributed by atoms with Crippen LogP contribution in [-0.4, -0.2) is 41.1 Å². The zero-order chi connectivity index (χ0) is 20.7. The summed E-state index contributed by atoms with van der Waals surface area (Å²) in [6.07, 6.45) is 0.117. The van der Waals surface area contributed by atoms with E-state index < -0.39 is 22.5 Å². The van der Waals surface area contributed by atoms with Gasteiger partial charge in [-0.15, -0.1) is 0 Å². The molecule has 0 atom stereocenters. The number of benzene rings is 2. The SMILES string of the molecule is COC(=O)CNS(=O)(=O)c1ccc(NC(=O)Cc2cc(C)ccc2OC)cc1. The zero-order valence-corrected chi connectivity index (χ0v) is 16.6. The van der Waals surface area contributed by atoms with E-state index in [2.05, 4.69) is 14.8 Å². The van der Waals surface area contributed by atoms with Crippen molar-refractivity contribution in [3.63, 3.8) is 0 Å². The maximum absolute atomic E-state index is 12.3. The minimum absolute atomic E-state index is 0.0326. The molecule has 0 unspecified atom stereocenters. The normalized spacial score (nSPS) is 11.0. The number of ether oxygens (including phenoxy) is 2. The van der Waals surface area contributed by atoms with Crippen molar-refractivity contribution in [3.8, 4) is 5.75 Å². The number of esters is 1. The molecular weight excluding hydrogens is 384 g/mol. The molecule has 0 saturated carbocycles. The standard InChI is InChI=1S/C19H22N2O6S/c1-13-4-9-17(26-2)14(10-13)11-18(22)21-15-5-7-16(8-6-15)28(24,25)20-12-19(23)27-3/h4-10,20H,11-12H2,1-3H3,(H,21,22). The molecule has 0 heterocycles. The Morgan fingerprint density at radius 2 is 1.71 bits per heavy atom. The Bertz CT molecular complexity index is 955. The van der Waals surface area contributed by atoms with E-state index in [9.17, 15) is 18.0 Å². The molecule has 0 bridgehead atoms. The van der Waals surface area contributed by atoms with Crippen LogP contribution in [0.1, 0.15) is 11.1 Å². The van der Waals surface area contributed by atoms with Gasteiger partial charge in [0, 0.05) is 11.3 Å². The van der Waals surface area contributed by atoms with Gasteiger partial charge < -0.3 is 14.8 Å². The van der Waals surface area contributed by atoms with E-state index in [4.69, 9.17) is 4.74 Å². The maximum atomic E-state index is 12.3. The van der Waals surface area contributed by atoms with Crippen LogP contribution in [0, 0.1) is 6.92 Å². The average Bonchev–Trinajstić information content (AvgIpc) is 2.66. The van der Waals surface area contributed by atoms with Crippen molar-refractivity contribution < 1.29 is 27.5 Å². The molecule has 0 aliphatic carbocycles. The average molecular weight is 406 g/mol. The van der Waals surface area contributed by atoms with Crippen molar-refractivity contribution in [2.45, 2.75) is 18.2 Å². The Labute approximate surface area is 163 Å². The van der Waals surface area contributed by atoms with E-state index in [0.717, 1.165) is 11.1 Å². The van der Waals surface area contributed by atoms with Gasteiger partial charge in [-0.2, -0.15) is 4.72 Å². The number of methoxy groups -OCH3 is 2. The number of sulfonamides is 1. The summed E-state index contributed by atoms with van der Waals surface area (Å²) >= 11 is 0. The van der Waals surface area contributed by atoms with Gasteiger partial charge in [-0.1, -0.05) is 17.7 Å². The number of amides is 1. The van der Waals surface area contributed by atoms with Crippen LogP contribution in [0.4, 0.5) is 5.69 Å². The molecule has 0 aliphatic rings. The molecule has 0 saturated heterocycles. The van der Waals surface area contributed by atoms with Crippen LogP contribution in [0.25, 0.3) is 0 Å². The fourth-order valence-electron chi connectivity index (χ4n) is 2.45. The van der Waals surface area contributed by atoms with Gasteiger partial charge in [-0.05, 0) is 37.3 Å². The topological polar surface area (TPSA) is 111 Å². The van der Waals surface area contributed by atoms with Crippen LogP contribution in [-0.2, 0) is 30.8 Å². The molecule has 0 radical (unpaired) electrons. The number of hydrogen-bond acceptors (Lipinski definition) is 6. The first-order valence-electron chi connectivity index (χ1n) is 8.35. The van der Waals surface area contributed by atoms with Crippen LogP contribution in [0.15, 0.2) is 47.4 Å². The van der Waals surface area contributed by atoms with Gasteiger partial charge in [-0.3, -0.25) is 9.59 Å². The number of rotatable bonds is 8. The summed E-state index contributed by atoms with van der Waals surface area (Å²) in [6.45, 7) is 1.46. The van der Waals surface area contributed by atoms with E-state index in [1.54, 1.807) is 13.2 Å². The van der Waals surface area contributed by atoms with Crippen molar-refractivity contribution in [1.82, 2.24) is 4.72 Å². The molecule has 2 aromatic rings. The fourth-order valence-corrected chi connectivity index (χ4v) is 3.42. The lowest BCUT2D eigenvalue weighted by atomic mass is 10.1. The van der Waals surface area contributed by atoms with Crippen molar-refractivity contribution in [2.75, 3.05) is 26.1 Å². The molecule has 0 fully saturated rings. The second-order valence-corrected chi connectivity index (χ2v) is 7.73. The summed E-state index contributed by atoms with van der Waals surface area (Å²) in [7, 11) is -1.14. The minimum Gasteiger partial charge on any atom is -0.496 e. The summed E-state index contributed by atoms with van der Waals surface area (Å²) in [5.41, 5.74) is 2.22. The lowest BCUT2D eigenvalue weighted by Crippen LogP contribution is -2.30. The van der Waals surface area contributed by atoms with Crippen molar-refractivity contribution in [1.29, 1.82) is 0 Å². The van der Waals surface area contributed by atoms with Crippen LogP contribution in [0.2, 0.25) is 0 Å². The highest BCUT2D eigenvalue weighted by Gasteiger charge is 2.16. The Balaban J connectivity index is 2.03. The van der Waals surface area contributed by atoms with E-state index in [0.29, 0.717) is 11.4 Å². The molecule has 9 heteroatoms. The highest BCUT2D eigenvalue weighted by Crippen LogP contribution is 2.21. The lowest BCUT2D eigenvalue weighted by molar-refractivity contribution is -0.139. The molecule has 150 valence electrons. The third kappa shape index (κ3) is 5.80. The first-order chi connectivity index (χ1) is 13.2. The molecule has 0 aliphatic heterocycles. The van der Waals surface area contributed by atoms with E-state index in [1.165, 1.54) is 31.4 Å². The van der Waals surface area contributed by atoms with Crippen molar-refractivity contribution >= 4 is 27.6 Å². The van der Waals surface area contributed by atoms with Crippen LogP contribution in [0.3, 0.4) is 0 Å². The molecule has 0 spiro atoms. The molecule has 2 aromatic carbocycles. The van der Waals surface area contributed by atoms with E-state index in [1.807, 2.05) is 19.1 Å². The number of aryl methyl sites for hydroxylation is 1. The first kappa shape index (κ1) is 21.4. The first-order valence-corrected chi connectivity index (χ1v) is 9.83. The molecule has 1 amide bonds. The van der Waals surface area contributed by atoms with Gasteiger partial charge >= 0.3 is 5.97 Å². The molecule has 2 N–H and O–H groups in total. The lowest BCUT2D eigenvalue weighted by Gasteiger charge is -2.11. The number of hydrogen-bond donors (Lipinski definition) is 2. The smallest absolute Gasteiger partial charge is 0.320 e. The highest BCUT2D eigenvalue weighted by molar-refractivity contribution is 7.89. The van der Waals surface area contributed by atoms with Gasteiger partial charge in [0.25, 0.3) is 0 Å². The minimum atomic E-state index is -3.85. The Kier molecular flexibility index (Phi) is 7.13. The summed E-state index contributed by atoms with van der Waals surface area (Å²) in [6, 6.07) is 11.2. The summed E-state index contributed by atoms with van der Waals surface area (Å²) < 4.78 is 36.0. The van der Waals surface area contributed by atoms with Gasteiger partial charge in [0.05, 0.1) is 25.5 Å². The van der Waals surface area contributed by atoms with Gasteiger partial charge in [-0.25, -0.2) is 8.42 Å². The largest absolute Gasteiger partial charge is 0.496 e. The van der Waals surface area contributed by atoms with Crippen LogP contribution < -0.4 is 14.8 Å². The van der Waals surface area contributed by atoms with E-state index in [-0.39, 0.29) is 17.2 Å². The Morgan fingerprint density at radius 3 is 2.32 bits per heavy atom. The highest BCUT2D eigenvalue weighted by atomic mass is 32.2. The summed E-state index contributed by atoms with van der Waals surface area (Å²) in [5.74, 6) is -0.332. The summed E-state index contributed by atoms with van der Waals surface area (Å²) in [5, 5.41) is 2.72. The Hall–Kier alpha value is -2.91. The van der Waals surface area contributed by atoms with Crippen LogP contribution in [0.5, 0.6) is 5.75 Å². The number of anilines is 1. The molecule has 8 nitrogen and oxygen atoms in total. The predicted molar refractivity (Wildman–Crippen MR) is 104 cm³/mol. The second kappa shape index (κ2) is 9.34. The number of carbonyl (C=O) groups excluding carboxylic acids is 2. The summed E-state index contributed by atoms with van der Waals surface area (Å²) in [4.78, 5) is 23.3. The van der Waals surface area contributed by atoms with Crippen molar-refractivity contribution in [3.05, 3.63) is 53.6 Å². The third-order valence-electron chi connectivity index (χ3n) is 3.87. The Morgan fingerprint density at radius 1 is 1.04 bits per heavy atom. The molecular formula is C19H22N2O6S.